The predicted molar refractivity (Wildman–Crippen MR) is 42.9 cm³/mol. The highest BCUT2D eigenvalue weighted by Crippen LogP contribution is 2.54. The van der Waals surface area contributed by atoms with Crippen LogP contribution in [-0.2, 0) is 6.42 Å². The van der Waals surface area contributed by atoms with E-state index in [4.69, 9.17) is 0 Å². The molecule has 0 radical (unpaired) electrons. The lowest BCUT2D eigenvalue weighted by Crippen LogP contribution is -2.23. The molecule has 1 fully saturated rings. The smallest absolute Gasteiger partial charge is 0.187 e. The van der Waals surface area contributed by atoms with Gasteiger partial charge in [0.25, 0.3) is 0 Å². The monoisotopic (exact) mass is 162 g/mol. The molecule has 1 spiro atoms. The maximum atomic E-state index is 11.8. The molecule has 0 saturated heterocycles. The molecule has 1 N–H and O–H groups in total. The van der Waals surface area contributed by atoms with E-state index in [-0.39, 0.29) is 5.41 Å². The summed E-state index contributed by atoms with van der Waals surface area (Å²) in [6, 6.07) is 0. The second-order valence-corrected chi connectivity index (χ2v) is 3.88. The van der Waals surface area contributed by atoms with Crippen LogP contribution in [0.4, 0.5) is 0 Å². The second-order valence-electron chi connectivity index (χ2n) is 3.88. The second kappa shape index (κ2) is 1.79. The van der Waals surface area contributed by atoms with Gasteiger partial charge in [0.1, 0.15) is 5.69 Å². The van der Waals surface area contributed by atoms with E-state index in [1.54, 1.807) is 6.20 Å². The number of aromatic nitrogens is 2. The minimum absolute atomic E-state index is 0.0412. The number of carbonyl (C=O) groups excluding carboxylic acids is 1. The molecule has 1 aromatic rings. The van der Waals surface area contributed by atoms with E-state index in [0.29, 0.717) is 5.78 Å². The molecule has 2 aliphatic rings. The summed E-state index contributed by atoms with van der Waals surface area (Å²) in [5.41, 5.74) is 1.93. The number of fused-ring (bicyclic) bond motifs is 1. The molecule has 0 aromatic carbocycles. The van der Waals surface area contributed by atoms with Crippen LogP contribution in [0.15, 0.2) is 6.20 Å². The largest absolute Gasteiger partial charge is 0.292 e. The Hall–Kier alpha value is -1.12. The number of ketones is 1. The molecule has 1 saturated carbocycles. The van der Waals surface area contributed by atoms with Crippen molar-refractivity contribution in [2.45, 2.75) is 25.7 Å². The minimum atomic E-state index is 0.0412. The van der Waals surface area contributed by atoms with E-state index in [9.17, 15) is 4.79 Å². The molecule has 1 aromatic heterocycles. The summed E-state index contributed by atoms with van der Waals surface area (Å²) >= 11 is 0. The first-order valence-electron chi connectivity index (χ1n) is 4.39. The summed E-state index contributed by atoms with van der Waals surface area (Å²) in [4.78, 5) is 11.8. The number of rotatable bonds is 0. The molecule has 0 unspecified atom stereocenters. The molecule has 0 aliphatic heterocycles. The molecular weight excluding hydrogens is 152 g/mol. The van der Waals surface area contributed by atoms with Crippen molar-refractivity contribution in [3.63, 3.8) is 0 Å². The molecule has 3 heteroatoms. The van der Waals surface area contributed by atoms with Gasteiger partial charge in [-0.15, -0.1) is 0 Å². The van der Waals surface area contributed by atoms with Crippen LogP contribution in [0.1, 0.15) is 35.3 Å². The molecule has 1 heterocycles. The minimum Gasteiger partial charge on any atom is -0.292 e. The highest BCUT2D eigenvalue weighted by Gasteiger charge is 2.52. The fourth-order valence-corrected chi connectivity index (χ4v) is 2.08. The van der Waals surface area contributed by atoms with E-state index in [2.05, 4.69) is 10.2 Å². The van der Waals surface area contributed by atoms with E-state index in [0.717, 1.165) is 36.9 Å². The molecular formula is C9H10N2O. The van der Waals surface area contributed by atoms with Gasteiger partial charge in [-0.3, -0.25) is 9.89 Å². The molecule has 0 atom stereocenters. The van der Waals surface area contributed by atoms with Crippen LogP contribution >= 0.6 is 0 Å². The average Bonchev–Trinajstić information content (AvgIpc) is 2.69. The van der Waals surface area contributed by atoms with Crippen LogP contribution in [0, 0.1) is 5.41 Å². The number of nitrogens with zero attached hydrogens (tertiary/aromatic N) is 1. The molecule has 12 heavy (non-hydrogen) atoms. The number of hydrogen-bond acceptors (Lipinski definition) is 2. The van der Waals surface area contributed by atoms with Crippen LogP contribution in [0.5, 0.6) is 0 Å². The van der Waals surface area contributed by atoms with E-state index in [1.807, 2.05) is 0 Å². The van der Waals surface area contributed by atoms with Gasteiger partial charge in [0, 0.05) is 11.0 Å². The maximum Gasteiger partial charge on any atom is 0.187 e. The van der Waals surface area contributed by atoms with Crippen molar-refractivity contribution in [2.24, 2.45) is 5.41 Å². The third kappa shape index (κ3) is 0.618. The molecule has 3 rings (SSSR count). The number of hydrogen-bond donors (Lipinski definition) is 1. The third-order valence-electron chi connectivity index (χ3n) is 3.15. The lowest BCUT2D eigenvalue weighted by atomic mass is 9.84. The average molecular weight is 162 g/mol. The summed E-state index contributed by atoms with van der Waals surface area (Å²) in [6.45, 7) is 0. The number of nitrogens with one attached hydrogen (secondary N) is 1. The van der Waals surface area contributed by atoms with Gasteiger partial charge in [-0.2, -0.15) is 5.10 Å². The molecule has 0 bridgehead atoms. The third-order valence-corrected chi connectivity index (χ3v) is 3.15. The van der Waals surface area contributed by atoms with Crippen molar-refractivity contribution in [1.82, 2.24) is 10.2 Å². The molecule has 62 valence electrons. The number of aryl methyl sites for hydroxylation is 1. The van der Waals surface area contributed by atoms with Crippen LogP contribution in [0.2, 0.25) is 0 Å². The van der Waals surface area contributed by atoms with Crippen LogP contribution in [-0.4, -0.2) is 16.0 Å². The summed E-state index contributed by atoms with van der Waals surface area (Å²) in [7, 11) is 0. The van der Waals surface area contributed by atoms with Crippen molar-refractivity contribution in [1.29, 1.82) is 0 Å². The van der Waals surface area contributed by atoms with Gasteiger partial charge in [0.15, 0.2) is 5.78 Å². The SMILES string of the molecule is O=C1c2[nH]ncc2CCC12CC2. The predicted octanol–water partition coefficient (Wildman–Crippen LogP) is 1.32. The van der Waals surface area contributed by atoms with E-state index < -0.39 is 0 Å². The highest BCUT2D eigenvalue weighted by molar-refractivity contribution is 6.02. The molecule has 2 aliphatic carbocycles. The Bertz CT molecular complexity index is 349. The first kappa shape index (κ1) is 6.40. The van der Waals surface area contributed by atoms with E-state index >= 15 is 0 Å². The summed E-state index contributed by atoms with van der Waals surface area (Å²) < 4.78 is 0. The fraction of sp³-hybridized carbons (Fsp3) is 0.556. The number of H-pyrrole nitrogens is 1. The number of Topliss-reactive ketones (excluding diaryl/α,β-unsaturated/α-hetero) is 1. The maximum absolute atomic E-state index is 11.8. The van der Waals surface area contributed by atoms with Crippen molar-refractivity contribution < 1.29 is 4.79 Å². The van der Waals surface area contributed by atoms with Crippen LogP contribution in [0.3, 0.4) is 0 Å². The first-order valence-corrected chi connectivity index (χ1v) is 4.39. The zero-order valence-corrected chi connectivity index (χ0v) is 6.76. The standard InChI is InChI=1S/C9H10N2O/c12-8-7-6(5-10-11-7)1-2-9(8)3-4-9/h5H,1-4H2,(H,10,11). The van der Waals surface area contributed by atoms with Crippen molar-refractivity contribution in [3.05, 3.63) is 17.5 Å². The lowest BCUT2D eigenvalue weighted by molar-refractivity contribution is 0.0875. The van der Waals surface area contributed by atoms with Gasteiger partial charge >= 0.3 is 0 Å². The van der Waals surface area contributed by atoms with Crippen molar-refractivity contribution in [2.75, 3.05) is 0 Å². The quantitative estimate of drug-likeness (QED) is 0.625. The topological polar surface area (TPSA) is 45.8 Å². The van der Waals surface area contributed by atoms with Gasteiger partial charge in [0.05, 0.1) is 6.20 Å². The van der Waals surface area contributed by atoms with Gasteiger partial charge < -0.3 is 0 Å². The summed E-state index contributed by atoms with van der Waals surface area (Å²) in [5.74, 6) is 0.307. The Kier molecular flexibility index (Phi) is 0.953. The number of aromatic amines is 1. The summed E-state index contributed by atoms with van der Waals surface area (Å²) in [5, 5.41) is 6.71. The van der Waals surface area contributed by atoms with Crippen molar-refractivity contribution in [3.8, 4) is 0 Å². The van der Waals surface area contributed by atoms with Crippen LogP contribution in [0.25, 0.3) is 0 Å². The Balaban J connectivity index is 2.13. The van der Waals surface area contributed by atoms with Crippen LogP contribution < -0.4 is 0 Å². The normalized spacial score (nSPS) is 24.2. The van der Waals surface area contributed by atoms with Crippen molar-refractivity contribution >= 4 is 5.78 Å². The molecule has 0 amide bonds. The first-order chi connectivity index (χ1) is 5.82. The summed E-state index contributed by atoms with van der Waals surface area (Å²) in [6.07, 6.45) is 6.02. The van der Waals surface area contributed by atoms with Gasteiger partial charge in [0.2, 0.25) is 0 Å². The lowest BCUT2D eigenvalue weighted by Gasteiger charge is -2.18. The fourth-order valence-electron chi connectivity index (χ4n) is 2.08. The zero-order chi connectivity index (χ0) is 8.18. The Labute approximate surface area is 70.2 Å². The number of carbonyl (C=O) groups is 1. The Morgan fingerprint density at radius 3 is 3.00 bits per heavy atom. The Morgan fingerprint density at radius 2 is 2.25 bits per heavy atom. The highest BCUT2D eigenvalue weighted by atomic mass is 16.1. The van der Waals surface area contributed by atoms with E-state index in [1.165, 1.54) is 0 Å². The van der Waals surface area contributed by atoms with Gasteiger partial charge in [-0.05, 0) is 25.7 Å². The zero-order valence-electron chi connectivity index (χ0n) is 6.76. The molecule has 3 nitrogen and oxygen atoms in total. The van der Waals surface area contributed by atoms with Gasteiger partial charge in [-0.1, -0.05) is 0 Å². The van der Waals surface area contributed by atoms with Gasteiger partial charge in [-0.25, -0.2) is 0 Å². The Morgan fingerprint density at radius 1 is 1.42 bits per heavy atom.